The second kappa shape index (κ2) is 6.44. The molecule has 0 bridgehead atoms. The van der Waals surface area contributed by atoms with Crippen molar-refractivity contribution in [3.63, 3.8) is 0 Å². The van der Waals surface area contributed by atoms with Gasteiger partial charge in [0.25, 0.3) is 5.56 Å². The van der Waals surface area contributed by atoms with E-state index < -0.39 is 29.2 Å². The van der Waals surface area contributed by atoms with Gasteiger partial charge in [0.15, 0.2) is 0 Å². The van der Waals surface area contributed by atoms with Crippen LogP contribution in [-0.4, -0.2) is 26.5 Å². The van der Waals surface area contributed by atoms with Gasteiger partial charge in [0.05, 0.1) is 11.4 Å². The molecule has 0 unspecified atom stereocenters. The Balaban J connectivity index is 1.80. The number of nitriles is 1. The van der Waals surface area contributed by atoms with E-state index in [9.17, 15) is 24.4 Å². The summed E-state index contributed by atoms with van der Waals surface area (Å²) < 4.78 is 2.12. The summed E-state index contributed by atoms with van der Waals surface area (Å²) in [6.07, 6.45) is 2.82. The topological polar surface area (TPSA) is 117 Å². The molecule has 2 heterocycles. The number of para-hydroxylation sites is 2. The second-order valence-corrected chi connectivity index (χ2v) is 7.73. The number of fused-ring (bicyclic) bond motifs is 1. The van der Waals surface area contributed by atoms with Crippen molar-refractivity contribution < 1.29 is 9.59 Å². The number of anilines is 2. The monoisotopic (exact) mass is 393 g/mol. The first kappa shape index (κ1) is 18.7. The molecule has 9 heteroatoms. The Labute approximate surface area is 165 Å². The van der Waals surface area contributed by atoms with Gasteiger partial charge in [-0.1, -0.05) is 12.1 Å². The van der Waals surface area contributed by atoms with Crippen LogP contribution in [-0.2, 0) is 16.1 Å². The van der Waals surface area contributed by atoms with Crippen LogP contribution in [0.4, 0.5) is 11.4 Å². The average Bonchev–Trinajstić information content (AvgIpc) is 3.51. The van der Waals surface area contributed by atoms with Crippen molar-refractivity contribution in [2.75, 3.05) is 10.2 Å². The van der Waals surface area contributed by atoms with Crippen molar-refractivity contribution in [2.24, 2.45) is 0 Å². The number of hydrogen-bond donors (Lipinski definition) is 1. The molecule has 29 heavy (non-hydrogen) atoms. The van der Waals surface area contributed by atoms with Crippen molar-refractivity contribution in [1.29, 1.82) is 5.26 Å². The minimum absolute atomic E-state index is 0.0607. The summed E-state index contributed by atoms with van der Waals surface area (Å²) in [5, 5.41) is 12.0. The van der Waals surface area contributed by atoms with Gasteiger partial charge in [-0.15, -0.1) is 0 Å². The van der Waals surface area contributed by atoms with E-state index in [1.165, 1.54) is 15.7 Å². The molecule has 0 atom stereocenters. The number of carbonyl (C=O) groups is 2. The Hall–Kier alpha value is -3.67. The van der Waals surface area contributed by atoms with Crippen LogP contribution in [0, 0.1) is 11.3 Å². The van der Waals surface area contributed by atoms with Gasteiger partial charge in [0, 0.05) is 12.2 Å². The van der Waals surface area contributed by atoms with Crippen LogP contribution in [0.15, 0.2) is 40.1 Å². The summed E-state index contributed by atoms with van der Waals surface area (Å²) in [5.41, 5.74) is -1.90. The molecule has 1 N–H and O–H groups in total. The van der Waals surface area contributed by atoms with E-state index in [0.717, 1.165) is 17.4 Å². The summed E-state index contributed by atoms with van der Waals surface area (Å²) >= 11 is 0. The first-order chi connectivity index (χ1) is 13.8. The number of nitrogens with zero attached hydrogens (tertiary/aromatic N) is 4. The quantitative estimate of drug-likeness (QED) is 0.834. The molecular weight excluding hydrogens is 374 g/mol. The zero-order valence-corrected chi connectivity index (χ0v) is 16.0. The fraction of sp³-hybridized carbons (Fsp3) is 0.350. The average molecular weight is 393 g/mol. The Morgan fingerprint density at radius 3 is 2.59 bits per heavy atom. The Bertz CT molecular complexity index is 1200. The number of rotatable bonds is 3. The molecular formula is C20H19N5O4. The van der Waals surface area contributed by atoms with Gasteiger partial charge in [-0.25, -0.2) is 9.36 Å². The molecule has 2 aromatic rings. The molecule has 1 aromatic carbocycles. The van der Waals surface area contributed by atoms with Gasteiger partial charge in [0.2, 0.25) is 11.8 Å². The largest absolute Gasteiger partial charge is 0.331 e. The van der Waals surface area contributed by atoms with Crippen LogP contribution in [0.3, 0.4) is 0 Å². The van der Waals surface area contributed by atoms with E-state index in [2.05, 4.69) is 5.32 Å². The minimum Gasteiger partial charge on any atom is -0.322 e. The molecule has 1 fully saturated rings. The normalized spacial score (nSPS) is 17.3. The predicted molar refractivity (Wildman–Crippen MR) is 105 cm³/mol. The lowest BCUT2D eigenvalue weighted by Gasteiger charge is -2.42. The van der Waals surface area contributed by atoms with Crippen molar-refractivity contribution in [1.82, 2.24) is 9.13 Å². The number of aromatic nitrogens is 2. The number of carbonyl (C=O) groups excluding carboxylic acids is 2. The highest BCUT2D eigenvalue weighted by Gasteiger charge is 2.43. The maximum atomic E-state index is 13.2. The standard InChI is InChI=1S/C20H19N5O4/c1-20(2)18(28)22-14-5-3-4-6-15(14)25(20)16(26)11-24-17(27)12(9-21)10-23(19(24)29)13-7-8-13/h3-6,10,13H,7-8,11H2,1-2H3,(H,22,28). The molecule has 1 aromatic heterocycles. The van der Waals surface area contributed by atoms with E-state index in [-0.39, 0.29) is 17.5 Å². The zero-order valence-electron chi connectivity index (χ0n) is 16.0. The highest BCUT2D eigenvalue weighted by Crippen LogP contribution is 2.37. The Morgan fingerprint density at radius 2 is 1.93 bits per heavy atom. The van der Waals surface area contributed by atoms with Crippen LogP contribution in [0.2, 0.25) is 0 Å². The molecule has 2 amide bonds. The number of hydrogen-bond acceptors (Lipinski definition) is 5. The maximum absolute atomic E-state index is 13.2. The predicted octanol–water partition coefficient (Wildman–Crippen LogP) is 0.980. The van der Waals surface area contributed by atoms with Crippen molar-refractivity contribution in [3.05, 3.63) is 56.9 Å². The van der Waals surface area contributed by atoms with Crippen LogP contribution in [0.25, 0.3) is 0 Å². The lowest BCUT2D eigenvalue weighted by Crippen LogP contribution is -2.60. The third-order valence-corrected chi connectivity index (χ3v) is 5.31. The molecule has 0 radical (unpaired) electrons. The molecule has 0 saturated heterocycles. The third kappa shape index (κ3) is 2.93. The lowest BCUT2D eigenvalue weighted by atomic mass is 9.96. The van der Waals surface area contributed by atoms with Crippen LogP contribution in [0.1, 0.15) is 38.3 Å². The summed E-state index contributed by atoms with van der Waals surface area (Å²) in [5.74, 6) is -0.966. The van der Waals surface area contributed by atoms with Crippen LogP contribution in [0.5, 0.6) is 0 Å². The molecule has 1 saturated carbocycles. The van der Waals surface area contributed by atoms with Crippen molar-refractivity contribution >= 4 is 23.2 Å². The summed E-state index contributed by atoms with van der Waals surface area (Å²) in [7, 11) is 0. The smallest absolute Gasteiger partial charge is 0.322 e. The fourth-order valence-corrected chi connectivity index (χ4v) is 3.56. The number of benzene rings is 1. The molecule has 148 valence electrons. The molecule has 1 aliphatic heterocycles. The lowest BCUT2D eigenvalue weighted by molar-refractivity contribution is -0.126. The van der Waals surface area contributed by atoms with E-state index >= 15 is 0 Å². The maximum Gasteiger partial charge on any atom is 0.331 e. The van der Waals surface area contributed by atoms with Crippen LogP contribution < -0.4 is 21.5 Å². The van der Waals surface area contributed by atoms with Crippen LogP contribution >= 0.6 is 0 Å². The number of nitrogens with one attached hydrogen (secondary N) is 1. The molecule has 4 rings (SSSR count). The SMILES string of the molecule is CC1(C)C(=O)Nc2ccccc2N1C(=O)Cn1c(=O)c(C#N)cn(C2CC2)c1=O. The van der Waals surface area contributed by atoms with Gasteiger partial charge < -0.3 is 5.32 Å². The van der Waals surface area contributed by atoms with Gasteiger partial charge in [-0.3, -0.25) is 23.9 Å². The second-order valence-electron chi connectivity index (χ2n) is 7.73. The Morgan fingerprint density at radius 1 is 1.24 bits per heavy atom. The molecule has 9 nitrogen and oxygen atoms in total. The zero-order chi connectivity index (χ0) is 20.9. The van der Waals surface area contributed by atoms with E-state index in [4.69, 9.17) is 0 Å². The number of amides is 2. The van der Waals surface area contributed by atoms with E-state index in [1.807, 2.05) is 0 Å². The van der Waals surface area contributed by atoms with Gasteiger partial charge >= 0.3 is 5.69 Å². The Kier molecular flexibility index (Phi) is 4.15. The first-order valence-electron chi connectivity index (χ1n) is 9.25. The van der Waals surface area contributed by atoms with Gasteiger partial charge in [-0.05, 0) is 38.8 Å². The summed E-state index contributed by atoms with van der Waals surface area (Å²) in [6, 6.07) is 8.56. The van der Waals surface area contributed by atoms with Gasteiger partial charge in [0.1, 0.15) is 23.7 Å². The molecule has 0 spiro atoms. The summed E-state index contributed by atoms with van der Waals surface area (Å²) in [6.45, 7) is 2.62. The van der Waals surface area contributed by atoms with Crippen molar-refractivity contribution in [3.8, 4) is 6.07 Å². The van der Waals surface area contributed by atoms with Gasteiger partial charge in [-0.2, -0.15) is 5.26 Å². The first-order valence-corrected chi connectivity index (χ1v) is 9.25. The molecule has 2 aliphatic rings. The minimum atomic E-state index is -1.22. The van der Waals surface area contributed by atoms with Crippen molar-refractivity contribution in [2.45, 2.75) is 44.8 Å². The summed E-state index contributed by atoms with van der Waals surface area (Å²) in [4.78, 5) is 52.5. The highest BCUT2D eigenvalue weighted by atomic mass is 16.2. The van der Waals surface area contributed by atoms with E-state index in [0.29, 0.717) is 11.4 Å². The fourth-order valence-electron chi connectivity index (χ4n) is 3.56. The highest BCUT2D eigenvalue weighted by molar-refractivity contribution is 6.14. The van der Waals surface area contributed by atoms with E-state index in [1.54, 1.807) is 44.2 Å². The molecule has 1 aliphatic carbocycles. The third-order valence-electron chi connectivity index (χ3n) is 5.31.